The van der Waals surface area contributed by atoms with Crippen molar-refractivity contribution in [3.63, 3.8) is 0 Å². The number of rotatable bonds is 11. The first kappa shape index (κ1) is 25.8. The van der Waals surface area contributed by atoms with Crippen LogP contribution in [0.4, 0.5) is 11.4 Å². The molecule has 11 nitrogen and oxygen atoms in total. The lowest BCUT2D eigenvalue weighted by atomic mass is 10.1. The summed E-state index contributed by atoms with van der Waals surface area (Å²) in [7, 11) is 1.21. The number of esters is 2. The summed E-state index contributed by atoms with van der Waals surface area (Å²) in [6.45, 7) is -0.641. The molecular formula is C20H21N3O8S2. The predicted molar refractivity (Wildman–Crippen MR) is 123 cm³/mol. The van der Waals surface area contributed by atoms with Gasteiger partial charge in [-0.25, -0.2) is 9.59 Å². The van der Waals surface area contributed by atoms with Crippen molar-refractivity contribution in [2.24, 2.45) is 0 Å². The number of carbonyl (C=O) groups excluding carboxylic acids is 4. The standard InChI is InChI=1S/C20H21N3O8S2/c1-30-20(27)17-14(7-9-33-17)21-16(24)11-31-19(26)15(6-8-32-2)22-18(25)12-4-3-5-13(10-12)23(28)29/h3-5,7,9-10,15H,6,8,11H2,1-2H3,(H,21,24)(H,22,25). The zero-order chi connectivity index (χ0) is 24.4. The number of hydrogen-bond donors (Lipinski definition) is 2. The Morgan fingerprint density at radius 2 is 2.00 bits per heavy atom. The summed E-state index contributed by atoms with van der Waals surface area (Å²) in [6, 6.07) is 5.53. The number of thiophene rings is 1. The molecule has 2 aromatic rings. The van der Waals surface area contributed by atoms with Crippen molar-refractivity contribution in [3.05, 3.63) is 56.3 Å². The highest BCUT2D eigenvalue weighted by atomic mass is 32.2. The summed E-state index contributed by atoms with van der Waals surface area (Å²) >= 11 is 2.52. The molecule has 0 bridgehead atoms. The minimum Gasteiger partial charge on any atom is -0.465 e. The number of nitrogens with one attached hydrogen (secondary N) is 2. The molecule has 0 fully saturated rings. The zero-order valence-electron chi connectivity index (χ0n) is 17.7. The Morgan fingerprint density at radius 3 is 2.67 bits per heavy atom. The Labute approximate surface area is 197 Å². The Balaban J connectivity index is 1.99. The number of methoxy groups -OCH3 is 1. The fourth-order valence-corrected chi connectivity index (χ4v) is 3.81. The molecule has 2 amide bonds. The highest BCUT2D eigenvalue weighted by Crippen LogP contribution is 2.23. The van der Waals surface area contributed by atoms with Gasteiger partial charge < -0.3 is 20.1 Å². The van der Waals surface area contributed by atoms with E-state index in [2.05, 4.69) is 15.4 Å². The molecule has 0 aliphatic heterocycles. The number of anilines is 1. The minimum absolute atomic E-state index is 0.0108. The number of hydrogen-bond acceptors (Lipinski definition) is 10. The summed E-state index contributed by atoms with van der Waals surface area (Å²) in [4.78, 5) is 59.4. The van der Waals surface area contributed by atoms with Gasteiger partial charge in [0.05, 0.1) is 17.7 Å². The largest absolute Gasteiger partial charge is 0.465 e. The van der Waals surface area contributed by atoms with Crippen LogP contribution >= 0.6 is 23.1 Å². The fourth-order valence-electron chi connectivity index (χ4n) is 2.57. The molecule has 1 unspecified atom stereocenters. The van der Waals surface area contributed by atoms with Gasteiger partial charge in [-0.1, -0.05) is 6.07 Å². The molecule has 0 radical (unpaired) electrons. The van der Waals surface area contributed by atoms with Gasteiger partial charge in [0.25, 0.3) is 17.5 Å². The molecule has 13 heteroatoms. The lowest BCUT2D eigenvalue weighted by Crippen LogP contribution is -2.43. The Kier molecular flexibility index (Phi) is 9.82. The second-order valence-electron chi connectivity index (χ2n) is 6.43. The van der Waals surface area contributed by atoms with Crippen molar-refractivity contribution in [1.82, 2.24) is 5.32 Å². The number of benzene rings is 1. The van der Waals surface area contributed by atoms with E-state index < -0.39 is 41.3 Å². The van der Waals surface area contributed by atoms with E-state index in [0.717, 1.165) is 17.4 Å². The molecule has 0 saturated heterocycles. The van der Waals surface area contributed by atoms with Crippen LogP contribution in [0.3, 0.4) is 0 Å². The molecule has 33 heavy (non-hydrogen) atoms. The van der Waals surface area contributed by atoms with Crippen LogP contribution in [0.25, 0.3) is 0 Å². The van der Waals surface area contributed by atoms with Gasteiger partial charge in [0.2, 0.25) is 0 Å². The summed E-state index contributed by atoms with van der Waals surface area (Å²) in [6.07, 6.45) is 2.04. The number of ether oxygens (including phenoxy) is 2. The van der Waals surface area contributed by atoms with E-state index in [1.54, 1.807) is 5.38 Å². The van der Waals surface area contributed by atoms with Crippen LogP contribution in [0.15, 0.2) is 35.7 Å². The number of carbonyl (C=O) groups is 4. The first-order valence-electron chi connectivity index (χ1n) is 9.43. The van der Waals surface area contributed by atoms with Crippen molar-refractivity contribution in [3.8, 4) is 0 Å². The molecule has 2 rings (SSSR count). The normalized spacial score (nSPS) is 11.2. The number of nitro benzene ring substituents is 1. The van der Waals surface area contributed by atoms with E-state index >= 15 is 0 Å². The maximum absolute atomic E-state index is 12.5. The van der Waals surface area contributed by atoms with Crippen molar-refractivity contribution >= 4 is 58.2 Å². The maximum atomic E-state index is 12.5. The molecule has 176 valence electrons. The number of amides is 2. The molecule has 2 N–H and O–H groups in total. The molecular weight excluding hydrogens is 474 g/mol. The number of non-ortho nitro benzene ring substituents is 1. The van der Waals surface area contributed by atoms with Gasteiger partial charge >= 0.3 is 11.9 Å². The molecule has 0 aliphatic carbocycles. The lowest BCUT2D eigenvalue weighted by Gasteiger charge is -2.17. The minimum atomic E-state index is -1.07. The third kappa shape index (κ3) is 7.57. The Morgan fingerprint density at radius 1 is 1.24 bits per heavy atom. The monoisotopic (exact) mass is 495 g/mol. The van der Waals surface area contributed by atoms with Gasteiger partial charge in [0.1, 0.15) is 10.9 Å². The van der Waals surface area contributed by atoms with Gasteiger partial charge in [-0.3, -0.25) is 19.7 Å². The first-order valence-corrected chi connectivity index (χ1v) is 11.7. The topological polar surface area (TPSA) is 154 Å². The van der Waals surface area contributed by atoms with Gasteiger partial charge in [0.15, 0.2) is 6.61 Å². The van der Waals surface area contributed by atoms with E-state index in [1.165, 1.54) is 43.1 Å². The second kappa shape index (κ2) is 12.6. The van der Waals surface area contributed by atoms with Crippen molar-refractivity contribution < 1.29 is 33.6 Å². The molecule has 1 aromatic heterocycles. The molecule has 0 spiro atoms. The SMILES string of the molecule is COC(=O)c1sccc1NC(=O)COC(=O)C(CCSC)NC(=O)c1cccc([N+](=O)[O-])c1. The van der Waals surface area contributed by atoms with Crippen LogP contribution in [0, 0.1) is 10.1 Å². The van der Waals surface area contributed by atoms with Gasteiger partial charge in [0, 0.05) is 17.7 Å². The van der Waals surface area contributed by atoms with Crippen LogP contribution in [0.5, 0.6) is 0 Å². The molecule has 0 saturated carbocycles. The van der Waals surface area contributed by atoms with Crippen molar-refractivity contribution in [1.29, 1.82) is 0 Å². The summed E-state index contributed by atoms with van der Waals surface area (Å²) < 4.78 is 9.67. The van der Waals surface area contributed by atoms with Crippen LogP contribution in [-0.2, 0) is 19.1 Å². The van der Waals surface area contributed by atoms with E-state index in [9.17, 15) is 29.3 Å². The van der Waals surface area contributed by atoms with E-state index in [-0.39, 0.29) is 28.2 Å². The fraction of sp³-hybridized carbons (Fsp3) is 0.300. The van der Waals surface area contributed by atoms with Crippen LogP contribution in [0.1, 0.15) is 26.5 Å². The van der Waals surface area contributed by atoms with E-state index in [0.29, 0.717) is 5.75 Å². The third-order valence-corrected chi connectivity index (χ3v) is 5.71. The quantitative estimate of drug-likeness (QED) is 0.272. The van der Waals surface area contributed by atoms with Gasteiger partial charge in [-0.15, -0.1) is 11.3 Å². The van der Waals surface area contributed by atoms with Crippen LogP contribution < -0.4 is 10.6 Å². The summed E-state index contributed by atoms with van der Waals surface area (Å²) in [5.41, 5.74) is -0.0233. The Hall–Kier alpha value is -3.45. The van der Waals surface area contributed by atoms with Crippen molar-refractivity contribution in [2.75, 3.05) is 31.0 Å². The third-order valence-electron chi connectivity index (χ3n) is 4.18. The average molecular weight is 496 g/mol. The zero-order valence-corrected chi connectivity index (χ0v) is 19.3. The number of nitro groups is 1. The highest BCUT2D eigenvalue weighted by Gasteiger charge is 2.24. The summed E-state index contributed by atoms with van der Waals surface area (Å²) in [5.74, 6) is -2.30. The average Bonchev–Trinajstić information content (AvgIpc) is 3.27. The van der Waals surface area contributed by atoms with Gasteiger partial charge in [-0.2, -0.15) is 11.8 Å². The van der Waals surface area contributed by atoms with Crippen molar-refractivity contribution in [2.45, 2.75) is 12.5 Å². The molecule has 1 aromatic carbocycles. The molecule has 0 aliphatic rings. The smallest absolute Gasteiger partial charge is 0.350 e. The Bertz CT molecular complexity index is 1040. The maximum Gasteiger partial charge on any atom is 0.350 e. The molecule has 1 heterocycles. The second-order valence-corrected chi connectivity index (χ2v) is 8.33. The van der Waals surface area contributed by atoms with Crippen LogP contribution in [0.2, 0.25) is 0 Å². The van der Waals surface area contributed by atoms with Crippen LogP contribution in [-0.4, -0.2) is 60.4 Å². The molecule has 1 atom stereocenters. The lowest BCUT2D eigenvalue weighted by molar-refractivity contribution is -0.384. The number of nitrogens with zero attached hydrogens (tertiary/aromatic N) is 1. The number of thioether (sulfide) groups is 1. The van der Waals surface area contributed by atoms with E-state index in [4.69, 9.17) is 4.74 Å². The highest BCUT2D eigenvalue weighted by molar-refractivity contribution is 7.98. The first-order chi connectivity index (χ1) is 15.8. The van der Waals surface area contributed by atoms with E-state index in [1.807, 2.05) is 6.26 Å². The van der Waals surface area contributed by atoms with Gasteiger partial charge in [-0.05, 0) is 35.9 Å². The predicted octanol–water partition coefficient (Wildman–Crippen LogP) is 2.48. The summed E-state index contributed by atoms with van der Waals surface area (Å²) in [5, 5.41) is 17.5.